The molecule has 10 heavy (non-hydrogen) atoms. The van der Waals surface area contributed by atoms with Gasteiger partial charge in [0.1, 0.15) is 0 Å². The number of hydrogen-bond acceptors (Lipinski definition) is 1. The monoisotopic (exact) mass is 140 g/mol. The molecule has 0 aromatic carbocycles. The molecule has 2 nitrogen and oxygen atoms in total. The Labute approximate surface area is 60.9 Å². The summed E-state index contributed by atoms with van der Waals surface area (Å²) in [6, 6.07) is 0. The van der Waals surface area contributed by atoms with Crippen LogP contribution in [-0.4, -0.2) is 11.1 Å². The topological polar surface area (TPSA) is 37.3 Å². The van der Waals surface area contributed by atoms with Gasteiger partial charge in [-0.3, -0.25) is 4.79 Å². The van der Waals surface area contributed by atoms with E-state index in [4.69, 9.17) is 5.11 Å². The second-order valence-corrected chi connectivity index (χ2v) is 2.16. The van der Waals surface area contributed by atoms with Gasteiger partial charge in [0.05, 0.1) is 5.92 Å². The molecular formula is C8H12O2. The first-order chi connectivity index (χ1) is 4.63. The van der Waals surface area contributed by atoms with Crippen LogP contribution in [0.4, 0.5) is 0 Å². The average Bonchev–Trinajstić information content (AvgIpc) is 1.88. The van der Waals surface area contributed by atoms with Crippen LogP contribution >= 0.6 is 0 Å². The van der Waals surface area contributed by atoms with Crippen molar-refractivity contribution >= 4 is 5.97 Å². The van der Waals surface area contributed by atoms with Crippen molar-refractivity contribution in [1.82, 2.24) is 0 Å². The molecular weight excluding hydrogens is 128 g/mol. The molecule has 1 N–H and O–H groups in total. The van der Waals surface area contributed by atoms with E-state index < -0.39 is 11.9 Å². The zero-order chi connectivity index (χ0) is 8.15. The summed E-state index contributed by atoms with van der Waals surface area (Å²) >= 11 is 0. The number of rotatable bonds is 3. The van der Waals surface area contributed by atoms with Crippen molar-refractivity contribution in [3.05, 3.63) is 17.9 Å². The number of carbonyl (C=O) groups is 1. The van der Waals surface area contributed by atoms with E-state index in [-0.39, 0.29) is 0 Å². The van der Waals surface area contributed by atoms with Crippen LogP contribution in [0, 0.1) is 5.92 Å². The lowest BCUT2D eigenvalue weighted by Crippen LogP contribution is -2.12. The van der Waals surface area contributed by atoms with Gasteiger partial charge in [0, 0.05) is 0 Å². The molecule has 0 fully saturated rings. The summed E-state index contributed by atoms with van der Waals surface area (Å²) in [5, 5.41) is 8.59. The molecule has 56 valence electrons. The third kappa shape index (κ3) is 2.08. The van der Waals surface area contributed by atoms with Crippen molar-refractivity contribution in [2.24, 2.45) is 5.92 Å². The molecule has 2 heteroatoms. The van der Waals surface area contributed by atoms with E-state index in [0.717, 1.165) is 0 Å². The Kier molecular flexibility index (Phi) is 3.52. The summed E-state index contributed by atoms with van der Waals surface area (Å²) in [6.07, 6.45) is 0.601. The molecule has 0 aliphatic carbocycles. The Morgan fingerprint density at radius 1 is 1.80 bits per heavy atom. The van der Waals surface area contributed by atoms with Crippen LogP contribution in [0.2, 0.25) is 0 Å². The molecule has 0 heterocycles. The SMILES string of the molecule is C=C=C(C)C(CC)C(=O)O. The molecule has 0 aromatic rings. The van der Waals surface area contributed by atoms with Gasteiger partial charge in [-0.15, -0.1) is 5.73 Å². The van der Waals surface area contributed by atoms with Gasteiger partial charge in [0.25, 0.3) is 0 Å². The Morgan fingerprint density at radius 2 is 2.30 bits per heavy atom. The van der Waals surface area contributed by atoms with E-state index in [1.807, 2.05) is 6.92 Å². The van der Waals surface area contributed by atoms with E-state index in [9.17, 15) is 4.79 Å². The minimum Gasteiger partial charge on any atom is -0.481 e. The summed E-state index contributed by atoms with van der Waals surface area (Å²) in [7, 11) is 0. The van der Waals surface area contributed by atoms with Crippen LogP contribution in [-0.2, 0) is 4.79 Å². The van der Waals surface area contributed by atoms with Gasteiger partial charge in [-0.25, -0.2) is 0 Å². The summed E-state index contributed by atoms with van der Waals surface area (Å²) in [5.74, 6) is -1.20. The molecule has 0 spiro atoms. The number of hydrogen-bond donors (Lipinski definition) is 1. The quantitative estimate of drug-likeness (QED) is 0.607. The Morgan fingerprint density at radius 3 is 2.40 bits per heavy atom. The van der Waals surface area contributed by atoms with Crippen molar-refractivity contribution in [3.63, 3.8) is 0 Å². The van der Waals surface area contributed by atoms with Crippen LogP contribution in [0.25, 0.3) is 0 Å². The molecule has 0 aromatic heterocycles. The molecule has 0 rings (SSSR count). The van der Waals surface area contributed by atoms with Crippen LogP contribution < -0.4 is 0 Å². The molecule has 0 bridgehead atoms. The molecule has 1 atom stereocenters. The Bertz CT molecular complexity index is 176. The van der Waals surface area contributed by atoms with Gasteiger partial charge in [-0.05, 0) is 18.9 Å². The first-order valence-electron chi connectivity index (χ1n) is 3.22. The van der Waals surface area contributed by atoms with Gasteiger partial charge in [0.15, 0.2) is 0 Å². The summed E-state index contributed by atoms with van der Waals surface area (Å²) in [4.78, 5) is 10.4. The predicted octanol–water partition coefficient (Wildman–Crippen LogP) is 1.83. The lowest BCUT2D eigenvalue weighted by Gasteiger charge is -2.06. The van der Waals surface area contributed by atoms with Crippen molar-refractivity contribution < 1.29 is 9.90 Å². The second kappa shape index (κ2) is 3.91. The van der Waals surface area contributed by atoms with E-state index in [0.29, 0.717) is 12.0 Å². The van der Waals surface area contributed by atoms with Crippen LogP contribution in [0.3, 0.4) is 0 Å². The zero-order valence-corrected chi connectivity index (χ0v) is 6.35. The maximum absolute atomic E-state index is 10.4. The maximum atomic E-state index is 10.4. The molecule has 0 amide bonds. The fraction of sp³-hybridized carbons (Fsp3) is 0.500. The van der Waals surface area contributed by atoms with Gasteiger partial charge < -0.3 is 5.11 Å². The highest BCUT2D eigenvalue weighted by Crippen LogP contribution is 2.12. The Hall–Kier alpha value is -1.01. The van der Waals surface area contributed by atoms with Crippen molar-refractivity contribution in [2.45, 2.75) is 20.3 Å². The van der Waals surface area contributed by atoms with E-state index >= 15 is 0 Å². The lowest BCUT2D eigenvalue weighted by atomic mass is 9.99. The van der Waals surface area contributed by atoms with E-state index in [1.54, 1.807) is 6.92 Å². The van der Waals surface area contributed by atoms with Gasteiger partial charge in [-0.1, -0.05) is 13.5 Å². The van der Waals surface area contributed by atoms with Gasteiger partial charge >= 0.3 is 5.97 Å². The van der Waals surface area contributed by atoms with E-state index in [2.05, 4.69) is 12.3 Å². The highest BCUT2D eigenvalue weighted by atomic mass is 16.4. The number of carboxylic acid groups (broad SMARTS) is 1. The fourth-order valence-electron chi connectivity index (χ4n) is 0.789. The molecule has 0 aliphatic heterocycles. The zero-order valence-electron chi connectivity index (χ0n) is 6.35. The van der Waals surface area contributed by atoms with Crippen LogP contribution in [0.5, 0.6) is 0 Å². The van der Waals surface area contributed by atoms with Gasteiger partial charge in [-0.2, -0.15) is 0 Å². The number of carboxylic acids is 1. The first kappa shape index (κ1) is 8.99. The minimum absolute atomic E-state index is 0.405. The molecule has 0 aliphatic rings. The largest absolute Gasteiger partial charge is 0.481 e. The summed E-state index contributed by atoms with van der Waals surface area (Å²) in [6.45, 7) is 6.95. The minimum atomic E-state index is -0.795. The van der Waals surface area contributed by atoms with Gasteiger partial charge in [0.2, 0.25) is 0 Å². The van der Waals surface area contributed by atoms with Crippen molar-refractivity contribution in [1.29, 1.82) is 0 Å². The second-order valence-electron chi connectivity index (χ2n) is 2.16. The first-order valence-corrected chi connectivity index (χ1v) is 3.22. The fourth-order valence-corrected chi connectivity index (χ4v) is 0.789. The molecule has 0 saturated heterocycles. The molecule has 0 saturated carbocycles. The summed E-state index contributed by atoms with van der Waals surface area (Å²) < 4.78 is 0. The highest BCUT2D eigenvalue weighted by molar-refractivity contribution is 5.73. The lowest BCUT2D eigenvalue weighted by molar-refractivity contribution is -0.140. The van der Waals surface area contributed by atoms with E-state index in [1.165, 1.54) is 0 Å². The van der Waals surface area contributed by atoms with Crippen molar-refractivity contribution in [3.8, 4) is 0 Å². The maximum Gasteiger partial charge on any atom is 0.311 e. The normalized spacial score (nSPS) is 11.8. The third-order valence-corrected chi connectivity index (χ3v) is 1.51. The smallest absolute Gasteiger partial charge is 0.311 e. The highest BCUT2D eigenvalue weighted by Gasteiger charge is 2.15. The molecule has 1 unspecified atom stereocenters. The standard InChI is InChI=1S/C8H12O2/c1-4-6(3)7(5-2)8(9)10/h7H,1,5H2,2-3H3,(H,9,10). The van der Waals surface area contributed by atoms with Crippen LogP contribution in [0.15, 0.2) is 17.9 Å². The summed E-state index contributed by atoms with van der Waals surface area (Å²) in [5.41, 5.74) is 3.29. The Balaban J connectivity index is 4.36. The van der Waals surface area contributed by atoms with Crippen molar-refractivity contribution in [2.75, 3.05) is 0 Å². The number of aliphatic carboxylic acids is 1. The predicted molar refractivity (Wildman–Crippen MR) is 39.7 cm³/mol. The third-order valence-electron chi connectivity index (χ3n) is 1.51. The average molecular weight is 140 g/mol. The molecule has 0 radical (unpaired) electrons. The van der Waals surface area contributed by atoms with Crippen LogP contribution in [0.1, 0.15) is 20.3 Å².